The van der Waals surface area contributed by atoms with E-state index in [1.165, 1.54) is 32.4 Å². The van der Waals surface area contributed by atoms with Gasteiger partial charge in [-0.1, -0.05) is 6.92 Å². The number of ether oxygens (including phenoxy) is 1. The number of nitrogens with zero attached hydrogens (tertiary/aromatic N) is 1. The summed E-state index contributed by atoms with van der Waals surface area (Å²) in [6, 6.07) is 0. The fraction of sp³-hybridized carbons (Fsp3) is 1.00. The summed E-state index contributed by atoms with van der Waals surface area (Å²) in [7, 11) is 0. The van der Waals surface area contributed by atoms with E-state index in [1.807, 2.05) is 0 Å². The zero-order chi connectivity index (χ0) is 11.8. The highest BCUT2D eigenvalue weighted by atomic mass is 16.5. The van der Waals surface area contributed by atoms with Gasteiger partial charge in [0.05, 0.1) is 6.10 Å². The van der Waals surface area contributed by atoms with Gasteiger partial charge in [0.1, 0.15) is 0 Å². The summed E-state index contributed by atoms with van der Waals surface area (Å²) in [4.78, 5) is 2.56. The van der Waals surface area contributed by atoms with E-state index in [4.69, 9.17) is 10.5 Å². The van der Waals surface area contributed by atoms with E-state index in [2.05, 4.69) is 18.7 Å². The second-order valence-electron chi connectivity index (χ2n) is 5.02. The Morgan fingerprint density at radius 3 is 3.00 bits per heavy atom. The molecule has 1 aliphatic heterocycles. The molecule has 1 saturated heterocycles. The highest BCUT2D eigenvalue weighted by molar-refractivity contribution is 4.74. The van der Waals surface area contributed by atoms with Gasteiger partial charge in [0, 0.05) is 19.7 Å². The maximum absolute atomic E-state index is 5.71. The van der Waals surface area contributed by atoms with Crippen molar-refractivity contribution >= 4 is 0 Å². The molecule has 1 aliphatic rings. The van der Waals surface area contributed by atoms with E-state index < -0.39 is 0 Å². The van der Waals surface area contributed by atoms with Crippen LogP contribution in [0.4, 0.5) is 0 Å². The van der Waals surface area contributed by atoms with Gasteiger partial charge in [-0.05, 0) is 51.6 Å². The molecule has 1 heterocycles. The number of nitrogens with two attached hydrogens (primary N) is 1. The normalized spacial score (nSPS) is 24.6. The second-order valence-corrected chi connectivity index (χ2v) is 5.02. The highest BCUT2D eigenvalue weighted by Gasteiger charge is 2.20. The van der Waals surface area contributed by atoms with Crippen LogP contribution in [0.5, 0.6) is 0 Å². The van der Waals surface area contributed by atoms with Crippen molar-refractivity contribution in [2.24, 2.45) is 11.7 Å². The molecule has 0 aliphatic carbocycles. The van der Waals surface area contributed by atoms with Crippen molar-refractivity contribution in [2.45, 2.75) is 45.6 Å². The van der Waals surface area contributed by atoms with Crippen LogP contribution in [0.3, 0.4) is 0 Å². The molecule has 0 aromatic carbocycles. The summed E-state index contributed by atoms with van der Waals surface area (Å²) in [5.74, 6) is 0.768. The Labute approximate surface area is 100 Å². The van der Waals surface area contributed by atoms with Gasteiger partial charge in [0.15, 0.2) is 0 Å². The maximum atomic E-state index is 5.71. The Bertz CT molecular complexity index is 173. The van der Waals surface area contributed by atoms with Crippen LogP contribution in [-0.2, 0) is 4.74 Å². The van der Waals surface area contributed by atoms with Crippen LogP contribution < -0.4 is 5.73 Å². The molecule has 0 aromatic rings. The molecular weight excluding hydrogens is 200 g/mol. The van der Waals surface area contributed by atoms with Crippen LogP contribution in [-0.4, -0.2) is 43.8 Å². The molecule has 3 nitrogen and oxygen atoms in total. The first-order valence-electron chi connectivity index (χ1n) is 6.80. The second kappa shape index (κ2) is 8.04. The van der Waals surface area contributed by atoms with Crippen LogP contribution >= 0.6 is 0 Å². The van der Waals surface area contributed by atoms with Crippen molar-refractivity contribution in [1.82, 2.24) is 4.90 Å². The van der Waals surface area contributed by atoms with Gasteiger partial charge < -0.3 is 15.4 Å². The largest absolute Gasteiger partial charge is 0.377 e. The molecule has 2 unspecified atom stereocenters. The number of piperidine rings is 1. The number of hydrogen-bond acceptors (Lipinski definition) is 3. The highest BCUT2D eigenvalue weighted by Crippen LogP contribution is 2.16. The minimum Gasteiger partial charge on any atom is -0.377 e. The predicted molar refractivity (Wildman–Crippen MR) is 68.5 cm³/mol. The Morgan fingerprint density at radius 1 is 1.50 bits per heavy atom. The lowest BCUT2D eigenvalue weighted by molar-refractivity contribution is 0.00216. The van der Waals surface area contributed by atoms with Crippen molar-refractivity contribution in [2.75, 3.05) is 32.8 Å². The summed E-state index contributed by atoms with van der Waals surface area (Å²) >= 11 is 0. The monoisotopic (exact) mass is 228 g/mol. The maximum Gasteiger partial charge on any atom is 0.0702 e. The van der Waals surface area contributed by atoms with Crippen LogP contribution in [0.25, 0.3) is 0 Å². The average molecular weight is 228 g/mol. The fourth-order valence-corrected chi connectivity index (χ4v) is 2.55. The van der Waals surface area contributed by atoms with Gasteiger partial charge in [0.25, 0.3) is 0 Å². The molecule has 2 atom stereocenters. The minimum atomic E-state index is 0.473. The first kappa shape index (κ1) is 13.9. The number of hydrogen-bond donors (Lipinski definition) is 1. The van der Waals surface area contributed by atoms with Gasteiger partial charge in [-0.25, -0.2) is 0 Å². The molecule has 1 rings (SSSR count). The molecule has 1 fully saturated rings. The molecule has 0 spiro atoms. The van der Waals surface area contributed by atoms with Crippen molar-refractivity contribution in [3.63, 3.8) is 0 Å². The third-order valence-corrected chi connectivity index (χ3v) is 3.34. The van der Waals surface area contributed by atoms with Crippen LogP contribution in [0.15, 0.2) is 0 Å². The first-order chi connectivity index (χ1) is 7.76. The van der Waals surface area contributed by atoms with Gasteiger partial charge in [-0.15, -0.1) is 0 Å². The van der Waals surface area contributed by atoms with E-state index in [9.17, 15) is 0 Å². The lowest BCUT2D eigenvalue weighted by atomic mass is 10.0. The van der Waals surface area contributed by atoms with E-state index in [-0.39, 0.29) is 0 Å². The lowest BCUT2D eigenvalue weighted by Gasteiger charge is -2.34. The summed E-state index contributed by atoms with van der Waals surface area (Å²) < 4.78 is 5.71. The number of likely N-dealkylation sites (tertiary alicyclic amines) is 1. The molecule has 0 aromatic heterocycles. The van der Waals surface area contributed by atoms with Crippen molar-refractivity contribution < 1.29 is 4.74 Å². The van der Waals surface area contributed by atoms with Gasteiger partial charge in [0.2, 0.25) is 0 Å². The zero-order valence-corrected chi connectivity index (χ0v) is 11.0. The van der Waals surface area contributed by atoms with Gasteiger partial charge in [-0.3, -0.25) is 0 Å². The smallest absolute Gasteiger partial charge is 0.0702 e. The lowest BCUT2D eigenvalue weighted by Crippen LogP contribution is -2.41. The summed E-state index contributed by atoms with van der Waals surface area (Å²) in [6.07, 6.45) is 5.41. The first-order valence-corrected chi connectivity index (χ1v) is 6.80. The van der Waals surface area contributed by atoms with E-state index in [0.717, 1.165) is 32.0 Å². The van der Waals surface area contributed by atoms with Gasteiger partial charge in [-0.2, -0.15) is 0 Å². The molecule has 2 N–H and O–H groups in total. The van der Waals surface area contributed by atoms with E-state index >= 15 is 0 Å². The molecule has 0 radical (unpaired) electrons. The van der Waals surface area contributed by atoms with Gasteiger partial charge >= 0.3 is 0 Å². The summed E-state index contributed by atoms with van der Waals surface area (Å²) in [6.45, 7) is 9.68. The Hall–Kier alpha value is -0.120. The van der Waals surface area contributed by atoms with Crippen molar-refractivity contribution in [3.05, 3.63) is 0 Å². The van der Waals surface area contributed by atoms with Crippen molar-refractivity contribution in [3.8, 4) is 0 Å². The average Bonchev–Trinajstić information content (AvgIpc) is 2.27. The molecule has 0 amide bonds. The Kier molecular flexibility index (Phi) is 7.01. The molecule has 16 heavy (non-hydrogen) atoms. The minimum absolute atomic E-state index is 0.473. The Balaban J connectivity index is 2.20. The number of rotatable bonds is 7. The third-order valence-electron chi connectivity index (χ3n) is 3.34. The zero-order valence-electron chi connectivity index (χ0n) is 11.0. The SMILES string of the molecule is CCOC1CCCN(CC(C)CCCN)C1. The standard InChI is InChI=1S/C13H28N2O/c1-3-16-13-7-5-9-15(11-13)10-12(2)6-4-8-14/h12-13H,3-11,14H2,1-2H3. The molecule has 0 bridgehead atoms. The van der Waals surface area contributed by atoms with Crippen LogP contribution in [0.2, 0.25) is 0 Å². The van der Waals surface area contributed by atoms with E-state index in [1.54, 1.807) is 0 Å². The molecule has 3 heteroatoms. The molecular formula is C13H28N2O. The molecule has 96 valence electrons. The predicted octanol–water partition coefficient (Wildman–Crippen LogP) is 1.86. The molecule has 0 saturated carbocycles. The quantitative estimate of drug-likeness (QED) is 0.723. The summed E-state index contributed by atoms with van der Waals surface area (Å²) in [5.41, 5.74) is 5.54. The van der Waals surface area contributed by atoms with E-state index in [0.29, 0.717) is 6.10 Å². The van der Waals surface area contributed by atoms with Crippen molar-refractivity contribution in [1.29, 1.82) is 0 Å². The van der Waals surface area contributed by atoms with Crippen LogP contribution in [0, 0.1) is 5.92 Å². The van der Waals surface area contributed by atoms with Crippen LogP contribution in [0.1, 0.15) is 39.5 Å². The Morgan fingerprint density at radius 2 is 2.31 bits per heavy atom. The topological polar surface area (TPSA) is 38.5 Å². The summed E-state index contributed by atoms with van der Waals surface area (Å²) in [5, 5.41) is 0. The third kappa shape index (κ3) is 5.28. The fourth-order valence-electron chi connectivity index (χ4n) is 2.55.